The standard InChI is InChI=1S/C21H20ClFN2O3/c1-2-18(27)25-9-8-24-10-13-6-7-15(19-16(23)4-3-5-17(19)26)20(22)21(13)28-12-14(24)11-25/h2-7,14,26H,1,8-12H2/t14-/m1/s1. The average Bonchev–Trinajstić information content (AvgIpc) is 2.88. The molecule has 2 aliphatic heterocycles. The number of ether oxygens (including phenoxy) is 1. The Morgan fingerprint density at radius 2 is 2.14 bits per heavy atom. The highest BCUT2D eigenvalue weighted by Gasteiger charge is 2.33. The number of rotatable bonds is 2. The van der Waals surface area contributed by atoms with Crippen LogP contribution in [0.5, 0.6) is 11.5 Å². The number of aromatic hydroxyl groups is 1. The van der Waals surface area contributed by atoms with E-state index in [1.54, 1.807) is 11.0 Å². The number of hydrogen-bond donors (Lipinski definition) is 1. The number of phenolic OH excluding ortho intramolecular Hbond substituents is 1. The maximum absolute atomic E-state index is 14.3. The monoisotopic (exact) mass is 402 g/mol. The fourth-order valence-electron chi connectivity index (χ4n) is 3.84. The Bertz CT molecular complexity index is 929. The summed E-state index contributed by atoms with van der Waals surface area (Å²) in [7, 11) is 0. The van der Waals surface area contributed by atoms with Crippen molar-refractivity contribution in [2.45, 2.75) is 12.6 Å². The molecule has 1 atom stereocenters. The minimum Gasteiger partial charge on any atom is -0.507 e. The lowest BCUT2D eigenvalue weighted by molar-refractivity contribution is -0.129. The van der Waals surface area contributed by atoms with Gasteiger partial charge >= 0.3 is 0 Å². The van der Waals surface area contributed by atoms with Crippen LogP contribution in [0, 0.1) is 5.82 Å². The summed E-state index contributed by atoms with van der Waals surface area (Å²) in [6, 6.07) is 7.74. The Morgan fingerprint density at radius 1 is 1.32 bits per heavy atom. The zero-order valence-electron chi connectivity index (χ0n) is 15.2. The van der Waals surface area contributed by atoms with Gasteiger partial charge in [-0.2, -0.15) is 0 Å². The first-order chi connectivity index (χ1) is 13.5. The van der Waals surface area contributed by atoms with Crippen molar-refractivity contribution in [3.8, 4) is 22.6 Å². The molecule has 0 unspecified atom stereocenters. The maximum atomic E-state index is 14.3. The van der Waals surface area contributed by atoms with E-state index in [4.69, 9.17) is 16.3 Å². The summed E-state index contributed by atoms with van der Waals surface area (Å²) in [5.74, 6) is -0.312. The molecule has 7 heteroatoms. The zero-order chi connectivity index (χ0) is 19.8. The van der Waals surface area contributed by atoms with Crippen LogP contribution < -0.4 is 4.74 Å². The van der Waals surface area contributed by atoms with E-state index in [0.29, 0.717) is 37.6 Å². The molecule has 2 heterocycles. The Balaban J connectivity index is 1.66. The van der Waals surface area contributed by atoms with Gasteiger partial charge in [-0.25, -0.2) is 4.39 Å². The first kappa shape index (κ1) is 18.8. The van der Waals surface area contributed by atoms with Crippen LogP contribution in [0.1, 0.15) is 5.56 Å². The second-order valence-corrected chi connectivity index (χ2v) is 7.35. The van der Waals surface area contributed by atoms with E-state index in [0.717, 1.165) is 12.1 Å². The van der Waals surface area contributed by atoms with Gasteiger partial charge in [-0.3, -0.25) is 9.69 Å². The van der Waals surface area contributed by atoms with Gasteiger partial charge in [-0.15, -0.1) is 0 Å². The van der Waals surface area contributed by atoms with Crippen molar-refractivity contribution in [2.24, 2.45) is 0 Å². The predicted octanol–water partition coefficient (Wildman–Crippen LogP) is 3.44. The number of amides is 1. The van der Waals surface area contributed by atoms with Gasteiger partial charge in [0.15, 0.2) is 0 Å². The third kappa shape index (κ3) is 3.23. The summed E-state index contributed by atoms with van der Waals surface area (Å²) in [6.07, 6.45) is 1.33. The van der Waals surface area contributed by atoms with E-state index < -0.39 is 5.82 Å². The molecule has 1 fully saturated rings. The summed E-state index contributed by atoms with van der Waals surface area (Å²) >= 11 is 6.58. The minimum atomic E-state index is -0.550. The Kier molecular flexibility index (Phi) is 5.00. The number of carbonyl (C=O) groups excluding carboxylic acids is 1. The quantitative estimate of drug-likeness (QED) is 0.782. The Hall–Kier alpha value is -2.57. The van der Waals surface area contributed by atoms with Gasteiger partial charge in [-0.1, -0.05) is 36.4 Å². The summed E-state index contributed by atoms with van der Waals surface area (Å²) in [5, 5.41) is 10.4. The Labute approximate surface area is 167 Å². The number of phenols is 1. The van der Waals surface area contributed by atoms with Crippen molar-refractivity contribution in [2.75, 3.05) is 26.2 Å². The van der Waals surface area contributed by atoms with Crippen LogP contribution in [0.3, 0.4) is 0 Å². The van der Waals surface area contributed by atoms with E-state index in [1.165, 1.54) is 24.3 Å². The molecule has 0 bridgehead atoms. The molecule has 1 amide bonds. The molecule has 0 spiro atoms. The van der Waals surface area contributed by atoms with Crippen LogP contribution in [0.4, 0.5) is 4.39 Å². The molecule has 0 aromatic heterocycles. The van der Waals surface area contributed by atoms with Crippen molar-refractivity contribution in [1.82, 2.24) is 9.80 Å². The first-order valence-electron chi connectivity index (χ1n) is 9.07. The molecule has 2 aliphatic rings. The Morgan fingerprint density at radius 3 is 2.89 bits per heavy atom. The van der Waals surface area contributed by atoms with Crippen LogP contribution in [0.2, 0.25) is 5.02 Å². The highest BCUT2D eigenvalue weighted by molar-refractivity contribution is 6.35. The van der Waals surface area contributed by atoms with Gasteiger partial charge in [0.2, 0.25) is 5.91 Å². The zero-order valence-corrected chi connectivity index (χ0v) is 16.0. The summed E-state index contributed by atoms with van der Waals surface area (Å²) < 4.78 is 20.3. The number of fused-ring (bicyclic) bond motifs is 2. The third-order valence-electron chi connectivity index (χ3n) is 5.32. The predicted molar refractivity (Wildman–Crippen MR) is 105 cm³/mol. The molecule has 1 saturated heterocycles. The van der Waals surface area contributed by atoms with Crippen LogP contribution in [0.25, 0.3) is 11.1 Å². The number of hydrogen-bond acceptors (Lipinski definition) is 4. The molecule has 1 N–H and O–H groups in total. The van der Waals surface area contributed by atoms with Crippen LogP contribution in [-0.2, 0) is 11.3 Å². The molecule has 2 aromatic rings. The van der Waals surface area contributed by atoms with Gasteiger partial charge in [0, 0.05) is 37.3 Å². The van der Waals surface area contributed by atoms with Crippen LogP contribution >= 0.6 is 11.6 Å². The smallest absolute Gasteiger partial charge is 0.246 e. The molecular weight excluding hydrogens is 383 g/mol. The van der Waals surface area contributed by atoms with E-state index in [9.17, 15) is 14.3 Å². The lowest BCUT2D eigenvalue weighted by atomic mass is 10.0. The highest BCUT2D eigenvalue weighted by Crippen LogP contribution is 2.43. The van der Waals surface area contributed by atoms with Gasteiger partial charge in [0.1, 0.15) is 23.9 Å². The second-order valence-electron chi connectivity index (χ2n) is 6.97. The van der Waals surface area contributed by atoms with Gasteiger partial charge < -0.3 is 14.7 Å². The van der Waals surface area contributed by atoms with Crippen LogP contribution in [-0.4, -0.2) is 53.1 Å². The largest absolute Gasteiger partial charge is 0.507 e. The van der Waals surface area contributed by atoms with Crippen LogP contribution in [0.15, 0.2) is 43.0 Å². The van der Waals surface area contributed by atoms with Gasteiger partial charge in [0.05, 0.1) is 16.6 Å². The number of nitrogens with zero attached hydrogens (tertiary/aromatic N) is 2. The third-order valence-corrected chi connectivity index (χ3v) is 5.70. The average molecular weight is 403 g/mol. The molecule has 0 saturated carbocycles. The molecule has 146 valence electrons. The minimum absolute atomic E-state index is 0.0337. The summed E-state index contributed by atoms with van der Waals surface area (Å²) in [5.41, 5.74) is 1.35. The van der Waals surface area contributed by atoms with E-state index >= 15 is 0 Å². The fourth-order valence-corrected chi connectivity index (χ4v) is 4.17. The molecule has 5 nitrogen and oxygen atoms in total. The van der Waals surface area contributed by atoms with Crippen molar-refractivity contribution in [3.63, 3.8) is 0 Å². The van der Waals surface area contributed by atoms with Gasteiger partial charge in [0.25, 0.3) is 0 Å². The normalized spacial score (nSPS) is 19.2. The second kappa shape index (κ2) is 7.45. The number of benzene rings is 2. The SMILES string of the molecule is C=CC(=O)N1CCN2Cc3ccc(-c4c(O)cccc4F)c(Cl)c3OC[C@H]2C1. The number of carbonyl (C=O) groups is 1. The maximum Gasteiger partial charge on any atom is 0.246 e. The molecule has 2 aromatic carbocycles. The van der Waals surface area contributed by atoms with E-state index in [-0.39, 0.29) is 28.3 Å². The van der Waals surface area contributed by atoms with Crippen molar-refractivity contribution >= 4 is 17.5 Å². The van der Waals surface area contributed by atoms with E-state index in [1.807, 2.05) is 6.07 Å². The number of halogens is 2. The van der Waals surface area contributed by atoms with Crippen molar-refractivity contribution in [1.29, 1.82) is 0 Å². The summed E-state index contributed by atoms with van der Waals surface area (Å²) in [6.45, 7) is 6.44. The van der Waals surface area contributed by atoms with Crippen molar-refractivity contribution < 1.29 is 19.0 Å². The first-order valence-corrected chi connectivity index (χ1v) is 9.44. The topological polar surface area (TPSA) is 53.0 Å². The van der Waals surface area contributed by atoms with E-state index in [2.05, 4.69) is 11.5 Å². The van der Waals surface area contributed by atoms with Crippen molar-refractivity contribution in [3.05, 3.63) is 59.4 Å². The molecule has 0 radical (unpaired) electrons. The van der Waals surface area contributed by atoms with Gasteiger partial charge in [-0.05, 0) is 18.2 Å². The number of piperazine rings is 1. The molecular formula is C21H20ClFN2O3. The fraction of sp³-hybridized carbons (Fsp3) is 0.286. The molecule has 4 rings (SSSR count). The summed E-state index contributed by atoms with van der Waals surface area (Å²) in [4.78, 5) is 16.0. The lowest BCUT2D eigenvalue weighted by Crippen LogP contribution is -2.55. The lowest BCUT2D eigenvalue weighted by Gasteiger charge is -2.39. The molecule has 28 heavy (non-hydrogen) atoms. The highest BCUT2D eigenvalue weighted by atomic mass is 35.5. The molecule has 0 aliphatic carbocycles.